The van der Waals surface area contributed by atoms with Gasteiger partial charge in [0, 0.05) is 25.2 Å². The second-order valence-corrected chi connectivity index (χ2v) is 5.80. The van der Waals surface area contributed by atoms with E-state index in [2.05, 4.69) is 19.8 Å². The highest BCUT2D eigenvalue weighted by atomic mass is 15.3. The first-order chi connectivity index (χ1) is 8.36. The first-order valence-corrected chi connectivity index (χ1v) is 6.61. The van der Waals surface area contributed by atoms with Gasteiger partial charge in [0.25, 0.3) is 0 Å². The van der Waals surface area contributed by atoms with E-state index in [-0.39, 0.29) is 0 Å². The van der Waals surface area contributed by atoms with Crippen LogP contribution in [-0.4, -0.2) is 46.6 Å². The summed E-state index contributed by atoms with van der Waals surface area (Å²) in [7, 11) is 0. The molecular weight excluding hydrogens is 212 g/mol. The van der Waals surface area contributed by atoms with Gasteiger partial charge in [-0.2, -0.15) is 0 Å². The van der Waals surface area contributed by atoms with Gasteiger partial charge in [0.1, 0.15) is 6.33 Å². The van der Waals surface area contributed by atoms with Crippen molar-refractivity contribution in [3.63, 3.8) is 0 Å². The number of hydrogen-bond acceptors (Lipinski definition) is 4. The molecule has 4 nitrogen and oxygen atoms in total. The summed E-state index contributed by atoms with van der Waals surface area (Å²) in [6.45, 7) is 5.01. The molecule has 0 aliphatic carbocycles. The van der Waals surface area contributed by atoms with E-state index in [1.54, 1.807) is 6.33 Å². The van der Waals surface area contributed by atoms with Crippen molar-refractivity contribution in [2.75, 3.05) is 31.1 Å². The Labute approximate surface area is 102 Å². The second kappa shape index (κ2) is 3.42. The molecule has 1 aromatic heterocycles. The van der Waals surface area contributed by atoms with Crippen LogP contribution < -0.4 is 4.90 Å². The molecule has 0 saturated carbocycles. The predicted molar refractivity (Wildman–Crippen MR) is 65.9 cm³/mol. The van der Waals surface area contributed by atoms with Crippen molar-refractivity contribution < 1.29 is 0 Å². The van der Waals surface area contributed by atoms with E-state index in [1.807, 2.05) is 12.4 Å². The fourth-order valence-corrected chi connectivity index (χ4v) is 4.05. The van der Waals surface area contributed by atoms with Crippen molar-refractivity contribution >= 4 is 5.69 Å². The number of fused-ring (bicyclic) bond motifs is 3. The summed E-state index contributed by atoms with van der Waals surface area (Å²) in [5.41, 5.74) is 1.67. The van der Waals surface area contributed by atoms with Crippen LogP contribution in [-0.2, 0) is 0 Å². The monoisotopic (exact) mass is 230 g/mol. The maximum atomic E-state index is 4.13. The summed E-state index contributed by atoms with van der Waals surface area (Å²) >= 11 is 0. The molecule has 0 aromatic carbocycles. The fraction of sp³-hybridized carbons (Fsp3) is 0.692. The molecule has 4 rings (SSSR count). The molecule has 90 valence electrons. The van der Waals surface area contributed by atoms with E-state index in [4.69, 9.17) is 0 Å². The van der Waals surface area contributed by atoms with Gasteiger partial charge >= 0.3 is 0 Å². The Morgan fingerprint density at radius 1 is 1.24 bits per heavy atom. The molecule has 2 bridgehead atoms. The van der Waals surface area contributed by atoms with E-state index in [0.717, 1.165) is 12.5 Å². The van der Waals surface area contributed by atoms with Crippen LogP contribution in [0.25, 0.3) is 0 Å². The molecule has 4 heterocycles. The standard InChI is InChI=1S/C13H18N4/c1-3-17-8-11(1)5-13(17)2-4-16(9-13)12-6-14-10-15-7-12/h6-7,10-11H,1-5,8-9H2. The summed E-state index contributed by atoms with van der Waals surface area (Å²) in [6, 6.07) is 0. The number of aromatic nitrogens is 2. The predicted octanol–water partition coefficient (Wildman–Crippen LogP) is 1.15. The van der Waals surface area contributed by atoms with Gasteiger partial charge in [-0.3, -0.25) is 4.90 Å². The van der Waals surface area contributed by atoms with Crippen LogP contribution in [0, 0.1) is 5.92 Å². The molecule has 3 aliphatic rings. The molecule has 3 fully saturated rings. The van der Waals surface area contributed by atoms with Crippen molar-refractivity contribution in [3.05, 3.63) is 18.7 Å². The Hall–Kier alpha value is -1.16. The summed E-state index contributed by atoms with van der Waals surface area (Å²) in [5.74, 6) is 0.974. The maximum Gasteiger partial charge on any atom is 0.115 e. The molecule has 1 aromatic rings. The van der Waals surface area contributed by atoms with Gasteiger partial charge in [0.15, 0.2) is 0 Å². The minimum absolute atomic E-state index is 0.485. The molecule has 1 spiro atoms. The highest BCUT2D eigenvalue weighted by Gasteiger charge is 2.52. The summed E-state index contributed by atoms with van der Waals surface area (Å²) in [4.78, 5) is 13.4. The molecular formula is C13H18N4. The topological polar surface area (TPSA) is 32.3 Å². The van der Waals surface area contributed by atoms with Crippen molar-refractivity contribution in [1.82, 2.24) is 14.9 Å². The van der Waals surface area contributed by atoms with Gasteiger partial charge in [-0.15, -0.1) is 0 Å². The van der Waals surface area contributed by atoms with Gasteiger partial charge < -0.3 is 4.90 Å². The van der Waals surface area contributed by atoms with Crippen molar-refractivity contribution in [2.24, 2.45) is 5.92 Å². The number of anilines is 1. The number of piperidine rings is 1. The van der Waals surface area contributed by atoms with E-state index >= 15 is 0 Å². The van der Waals surface area contributed by atoms with E-state index < -0.39 is 0 Å². The van der Waals surface area contributed by atoms with Crippen molar-refractivity contribution in [1.29, 1.82) is 0 Å². The lowest BCUT2D eigenvalue weighted by molar-refractivity contribution is 0.155. The molecule has 0 amide bonds. The molecule has 0 radical (unpaired) electrons. The highest BCUT2D eigenvalue weighted by molar-refractivity contribution is 5.44. The molecule has 3 saturated heterocycles. The summed E-state index contributed by atoms with van der Waals surface area (Å²) in [6.07, 6.45) is 9.64. The average Bonchev–Trinajstić information content (AvgIpc) is 3.06. The average molecular weight is 230 g/mol. The Morgan fingerprint density at radius 3 is 2.82 bits per heavy atom. The zero-order valence-corrected chi connectivity index (χ0v) is 10.0. The van der Waals surface area contributed by atoms with Crippen LogP contribution in [0.2, 0.25) is 0 Å². The van der Waals surface area contributed by atoms with Gasteiger partial charge in [-0.25, -0.2) is 9.97 Å². The van der Waals surface area contributed by atoms with Crippen molar-refractivity contribution in [2.45, 2.75) is 24.8 Å². The Morgan fingerprint density at radius 2 is 2.12 bits per heavy atom. The Bertz CT molecular complexity index is 421. The Balaban J connectivity index is 1.57. The first kappa shape index (κ1) is 9.83. The molecule has 3 aliphatic heterocycles. The zero-order valence-electron chi connectivity index (χ0n) is 10.0. The molecule has 3 atom stereocenters. The summed E-state index contributed by atoms with van der Waals surface area (Å²) < 4.78 is 0. The fourth-order valence-electron chi connectivity index (χ4n) is 4.05. The van der Waals surface area contributed by atoms with Crippen LogP contribution >= 0.6 is 0 Å². The molecule has 17 heavy (non-hydrogen) atoms. The van der Waals surface area contributed by atoms with Crippen molar-refractivity contribution in [3.8, 4) is 0 Å². The largest absolute Gasteiger partial charge is 0.367 e. The number of rotatable bonds is 1. The number of hydrogen-bond donors (Lipinski definition) is 0. The van der Waals surface area contributed by atoms with E-state index in [9.17, 15) is 0 Å². The molecule has 0 N–H and O–H groups in total. The van der Waals surface area contributed by atoms with E-state index in [0.29, 0.717) is 5.54 Å². The van der Waals surface area contributed by atoms with Gasteiger partial charge in [0.05, 0.1) is 18.1 Å². The lowest BCUT2D eigenvalue weighted by Crippen LogP contribution is -2.46. The first-order valence-electron chi connectivity index (χ1n) is 6.61. The maximum absolute atomic E-state index is 4.13. The molecule has 4 heteroatoms. The highest BCUT2D eigenvalue weighted by Crippen LogP contribution is 2.46. The van der Waals surface area contributed by atoms with Gasteiger partial charge in [0.2, 0.25) is 0 Å². The third-order valence-corrected chi connectivity index (χ3v) is 4.87. The zero-order chi connectivity index (χ0) is 11.3. The normalized spacial score (nSPS) is 39.4. The Kier molecular flexibility index (Phi) is 1.98. The third-order valence-electron chi connectivity index (χ3n) is 4.87. The van der Waals surface area contributed by atoms with E-state index in [1.165, 1.54) is 44.6 Å². The van der Waals surface area contributed by atoms with Crippen LogP contribution in [0.4, 0.5) is 5.69 Å². The van der Waals surface area contributed by atoms with Crippen LogP contribution in [0.3, 0.4) is 0 Å². The van der Waals surface area contributed by atoms with Gasteiger partial charge in [-0.1, -0.05) is 0 Å². The minimum Gasteiger partial charge on any atom is -0.367 e. The summed E-state index contributed by atoms with van der Waals surface area (Å²) in [5, 5.41) is 0. The minimum atomic E-state index is 0.485. The third kappa shape index (κ3) is 1.40. The van der Waals surface area contributed by atoms with Crippen LogP contribution in [0.5, 0.6) is 0 Å². The van der Waals surface area contributed by atoms with Gasteiger partial charge in [-0.05, 0) is 31.7 Å². The number of nitrogens with zero attached hydrogens (tertiary/aromatic N) is 4. The molecule has 3 unspecified atom stereocenters. The lowest BCUT2D eigenvalue weighted by Gasteiger charge is -2.36. The second-order valence-electron chi connectivity index (χ2n) is 5.80. The quantitative estimate of drug-likeness (QED) is 0.724. The van der Waals surface area contributed by atoms with Crippen LogP contribution in [0.15, 0.2) is 18.7 Å². The van der Waals surface area contributed by atoms with Crippen LogP contribution in [0.1, 0.15) is 19.3 Å². The smallest absolute Gasteiger partial charge is 0.115 e. The SMILES string of the molecule is c1ncc(N2CCC3(CC4CCN3C4)C2)cn1. The lowest BCUT2D eigenvalue weighted by atomic mass is 9.87.